The fourth-order valence-corrected chi connectivity index (χ4v) is 2.28. The SMILES string of the molecule is NC1CC(O)C(Cc2ccccc2)C1. The standard InChI is InChI=1S/C12H17NO/c13-11-7-10(12(14)8-11)6-9-4-2-1-3-5-9/h1-5,10-12,14H,6-8,13H2. The molecule has 1 aromatic carbocycles. The average Bonchev–Trinajstić information content (AvgIpc) is 2.47. The largest absolute Gasteiger partial charge is 0.393 e. The second kappa shape index (κ2) is 4.11. The minimum atomic E-state index is -0.204. The lowest BCUT2D eigenvalue weighted by atomic mass is 9.96. The van der Waals surface area contributed by atoms with Crippen LogP contribution in [-0.4, -0.2) is 17.3 Å². The maximum Gasteiger partial charge on any atom is 0.0586 e. The van der Waals surface area contributed by atoms with Crippen molar-refractivity contribution < 1.29 is 5.11 Å². The Morgan fingerprint density at radius 1 is 1.21 bits per heavy atom. The Balaban J connectivity index is 1.98. The molecule has 0 aromatic heterocycles. The van der Waals surface area contributed by atoms with E-state index in [1.165, 1.54) is 5.56 Å². The molecule has 2 heteroatoms. The molecule has 1 fully saturated rings. The summed E-state index contributed by atoms with van der Waals surface area (Å²) in [5.41, 5.74) is 7.11. The van der Waals surface area contributed by atoms with E-state index in [0.717, 1.165) is 19.3 Å². The van der Waals surface area contributed by atoms with Gasteiger partial charge in [-0.15, -0.1) is 0 Å². The normalized spacial score (nSPS) is 32.0. The van der Waals surface area contributed by atoms with Crippen molar-refractivity contribution in [2.24, 2.45) is 11.7 Å². The molecule has 3 unspecified atom stereocenters. The molecular formula is C12H17NO. The van der Waals surface area contributed by atoms with Crippen LogP contribution in [0.15, 0.2) is 30.3 Å². The highest BCUT2D eigenvalue weighted by Crippen LogP contribution is 2.27. The van der Waals surface area contributed by atoms with E-state index in [1.54, 1.807) is 0 Å². The van der Waals surface area contributed by atoms with Crippen molar-refractivity contribution in [3.05, 3.63) is 35.9 Å². The van der Waals surface area contributed by atoms with E-state index < -0.39 is 0 Å². The summed E-state index contributed by atoms with van der Waals surface area (Å²) in [6, 6.07) is 10.5. The molecule has 3 atom stereocenters. The van der Waals surface area contributed by atoms with Crippen LogP contribution in [0.1, 0.15) is 18.4 Å². The number of nitrogens with two attached hydrogens (primary N) is 1. The summed E-state index contributed by atoms with van der Waals surface area (Å²) in [6.07, 6.45) is 2.47. The number of aliphatic hydroxyl groups excluding tert-OH is 1. The zero-order valence-electron chi connectivity index (χ0n) is 8.26. The molecule has 76 valence electrons. The van der Waals surface area contributed by atoms with E-state index in [9.17, 15) is 5.11 Å². The number of aliphatic hydroxyl groups is 1. The van der Waals surface area contributed by atoms with Crippen molar-refractivity contribution >= 4 is 0 Å². The maximum absolute atomic E-state index is 9.74. The number of rotatable bonds is 2. The molecule has 1 aromatic rings. The van der Waals surface area contributed by atoms with Crippen molar-refractivity contribution in [1.82, 2.24) is 0 Å². The fourth-order valence-electron chi connectivity index (χ4n) is 2.28. The summed E-state index contributed by atoms with van der Waals surface area (Å²) in [5, 5.41) is 9.74. The summed E-state index contributed by atoms with van der Waals surface area (Å²) in [4.78, 5) is 0. The van der Waals surface area contributed by atoms with Gasteiger partial charge in [0.25, 0.3) is 0 Å². The van der Waals surface area contributed by atoms with Gasteiger partial charge in [0, 0.05) is 6.04 Å². The Bertz CT molecular complexity index is 286. The molecule has 0 heterocycles. The van der Waals surface area contributed by atoms with Crippen LogP contribution in [0.25, 0.3) is 0 Å². The second-order valence-electron chi connectivity index (χ2n) is 4.25. The van der Waals surface area contributed by atoms with Crippen LogP contribution in [-0.2, 0) is 6.42 Å². The van der Waals surface area contributed by atoms with Crippen molar-refractivity contribution in [1.29, 1.82) is 0 Å². The predicted molar refractivity (Wildman–Crippen MR) is 56.9 cm³/mol. The molecule has 2 nitrogen and oxygen atoms in total. The quantitative estimate of drug-likeness (QED) is 0.740. The topological polar surface area (TPSA) is 46.2 Å². The third kappa shape index (κ3) is 2.14. The van der Waals surface area contributed by atoms with Gasteiger partial charge in [-0.3, -0.25) is 0 Å². The Hall–Kier alpha value is -0.860. The molecule has 14 heavy (non-hydrogen) atoms. The first-order chi connectivity index (χ1) is 6.75. The van der Waals surface area contributed by atoms with E-state index in [-0.39, 0.29) is 12.1 Å². The first-order valence-corrected chi connectivity index (χ1v) is 5.23. The van der Waals surface area contributed by atoms with E-state index in [1.807, 2.05) is 18.2 Å². The van der Waals surface area contributed by atoms with Gasteiger partial charge >= 0.3 is 0 Å². The highest BCUT2D eigenvalue weighted by molar-refractivity contribution is 5.16. The lowest BCUT2D eigenvalue weighted by molar-refractivity contribution is 0.132. The summed E-state index contributed by atoms with van der Waals surface area (Å²) >= 11 is 0. The summed E-state index contributed by atoms with van der Waals surface area (Å²) in [5.74, 6) is 0.354. The first-order valence-electron chi connectivity index (χ1n) is 5.23. The van der Waals surface area contributed by atoms with Gasteiger partial charge in [0.15, 0.2) is 0 Å². The van der Waals surface area contributed by atoms with Gasteiger partial charge < -0.3 is 10.8 Å². The van der Waals surface area contributed by atoms with E-state index in [0.29, 0.717) is 5.92 Å². The van der Waals surface area contributed by atoms with Gasteiger partial charge in [0.1, 0.15) is 0 Å². The smallest absolute Gasteiger partial charge is 0.0586 e. The maximum atomic E-state index is 9.74. The van der Waals surface area contributed by atoms with Crippen LogP contribution in [0, 0.1) is 5.92 Å². The van der Waals surface area contributed by atoms with Gasteiger partial charge in [-0.25, -0.2) is 0 Å². The Labute approximate surface area is 84.7 Å². The Kier molecular flexibility index (Phi) is 2.85. The molecule has 3 N–H and O–H groups in total. The molecule has 2 rings (SSSR count). The van der Waals surface area contributed by atoms with Crippen molar-refractivity contribution in [2.45, 2.75) is 31.4 Å². The molecule has 1 aliphatic carbocycles. The number of hydrogen-bond acceptors (Lipinski definition) is 2. The zero-order valence-corrected chi connectivity index (χ0v) is 8.26. The van der Waals surface area contributed by atoms with E-state index >= 15 is 0 Å². The zero-order chi connectivity index (χ0) is 9.97. The highest BCUT2D eigenvalue weighted by atomic mass is 16.3. The van der Waals surface area contributed by atoms with Crippen LogP contribution < -0.4 is 5.73 Å². The van der Waals surface area contributed by atoms with Crippen molar-refractivity contribution in [3.8, 4) is 0 Å². The van der Waals surface area contributed by atoms with Gasteiger partial charge in [-0.05, 0) is 30.7 Å². The minimum absolute atomic E-state index is 0.193. The third-order valence-corrected chi connectivity index (χ3v) is 3.03. The molecule has 1 aliphatic rings. The lowest BCUT2D eigenvalue weighted by Crippen LogP contribution is -2.15. The van der Waals surface area contributed by atoms with Gasteiger partial charge in [-0.1, -0.05) is 30.3 Å². The van der Waals surface area contributed by atoms with Crippen LogP contribution in [0.3, 0.4) is 0 Å². The predicted octanol–water partition coefficient (Wildman–Crippen LogP) is 1.33. The number of hydrogen-bond donors (Lipinski definition) is 2. The van der Waals surface area contributed by atoms with Crippen molar-refractivity contribution in [2.75, 3.05) is 0 Å². The van der Waals surface area contributed by atoms with Gasteiger partial charge in [-0.2, -0.15) is 0 Å². The third-order valence-electron chi connectivity index (χ3n) is 3.03. The summed E-state index contributed by atoms with van der Waals surface area (Å²) in [6.45, 7) is 0. The molecule has 0 bridgehead atoms. The Morgan fingerprint density at radius 2 is 1.93 bits per heavy atom. The fraction of sp³-hybridized carbons (Fsp3) is 0.500. The molecular weight excluding hydrogens is 174 g/mol. The van der Waals surface area contributed by atoms with Crippen molar-refractivity contribution in [3.63, 3.8) is 0 Å². The molecule has 0 spiro atoms. The molecule has 0 aliphatic heterocycles. The van der Waals surface area contributed by atoms with Crippen LogP contribution in [0.5, 0.6) is 0 Å². The van der Waals surface area contributed by atoms with E-state index in [2.05, 4.69) is 12.1 Å². The average molecular weight is 191 g/mol. The number of benzene rings is 1. The van der Waals surface area contributed by atoms with E-state index in [4.69, 9.17) is 5.73 Å². The van der Waals surface area contributed by atoms with Gasteiger partial charge in [0.2, 0.25) is 0 Å². The molecule has 0 saturated heterocycles. The molecule has 1 saturated carbocycles. The lowest BCUT2D eigenvalue weighted by Gasteiger charge is -2.13. The van der Waals surface area contributed by atoms with Crippen LogP contribution in [0.4, 0.5) is 0 Å². The van der Waals surface area contributed by atoms with Crippen LogP contribution >= 0.6 is 0 Å². The van der Waals surface area contributed by atoms with Gasteiger partial charge in [0.05, 0.1) is 6.10 Å². The molecule has 0 amide bonds. The minimum Gasteiger partial charge on any atom is -0.393 e. The van der Waals surface area contributed by atoms with Crippen LogP contribution in [0.2, 0.25) is 0 Å². The Morgan fingerprint density at radius 3 is 2.50 bits per heavy atom. The summed E-state index contributed by atoms with van der Waals surface area (Å²) < 4.78 is 0. The first kappa shape index (κ1) is 9.69. The second-order valence-corrected chi connectivity index (χ2v) is 4.25. The molecule has 0 radical (unpaired) electrons. The summed E-state index contributed by atoms with van der Waals surface area (Å²) in [7, 11) is 0. The highest BCUT2D eigenvalue weighted by Gasteiger charge is 2.30. The monoisotopic (exact) mass is 191 g/mol.